The second-order valence-corrected chi connectivity index (χ2v) is 9.67. The Morgan fingerprint density at radius 1 is 1.06 bits per heavy atom. The lowest BCUT2D eigenvalue weighted by Crippen LogP contribution is -2.36. The largest absolute Gasteiger partial charge is 0.401 e. The van der Waals surface area contributed by atoms with Crippen LogP contribution in [0.4, 0.5) is 5.69 Å². The number of esters is 1. The lowest BCUT2D eigenvalue weighted by atomic mass is 10.1. The lowest BCUT2D eigenvalue weighted by molar-refractivity contribution is -0.130. The van der Waals surface area contributed by atoms with E-state index in [-0.39, 0.29) is 5.97 Å². The van der Waals surface area contributed by atoms with Gasteiger partial charge in [-0.1, -0.05) is 18.2 Å². The van der Waals surface area contributed by atoms with Crippen LogP contribution in [0.25, 0.3) is 6.08 Å². The highest BCUT2D eigenvalue weighted by atomic mass is 32.1. The molecule has 0 radical (unpaired) electrons. The summed E-state index contributed by atoms with van der Waals surface area (Å²) in [6.45, 7) is 9.46. The number of ether oxygens (including phenoxy) is 2. The Kier molecular flexibility index (Phi) is 7.16. The monoisotopic (exact) mass is 489 g/mol. The molecule has 182 valence electrons. The molecular formula is C28H31N3O3S. The number of thiophene rings is 1. The van der Waals surface area contributed by atoms with Gasteiger partial charge in [-0.3, -0.25) is 0 Å². The zero-order chi connectivity index (χ0) is 24.2. The average molecular weight is 490 g/mol. The summed E-state index contributed by atoms with van der Waals surface area (Å²) >= 11 is 1.52. The Labute approximate surface area is 210 Å². The standard InChI is InChI=1S/C28H31N3O3S/c1-3-30(4-2)23-11-7-20(8-12-23)18-21-9-10-22(26(21)31-13-15-33-16-14-31)19-24-28(32)34-27(29-24)25-6-5-17-35-25/h5-8,11-12,17-19H,3-4,9-10,13-16H2,1-2H3/b21-18+,24-19+. The Balaban J connectivity index is 1.48. The van der Waals surface area contributed by atoms with Gasteiger partial charge in [-0.25, -0.2) is 9.79 Å². The number of cyclic esters (lactones) is 1. The molecule has 0 atom stereocenters. The maximum Gasteiger partial charge on any atom is 0.363 e. The maximum atomic E-state index is 12.6. The molecule has 0 saturated carbocycles. The summed E-state index contributed by atoms with van der Waals surface area (Å²) in [5, 5.41) is 1.95. The fourth-order valence-corrected chi connectivity index (χ4v) is 5.49. The first-order valence-corrected chi connectivity index (χ1v) is 13.2. The van der Waals surface area contributed by atoms with Gasteiger partial charge in [0.15, 0.2) is 5.70 Å². The fourth-order valence-electron chi connectivity index (χ4n) is 4.84. The van der Waals surface area contributed by atoms with Gasteiger partial charge in [0.05, 0.1) is 18.1 Å². The molecule has 2 aromatic rings. The van der Waals surface area contributed by atoms with Crippen molar-refractivity contribution in [1.29, 1.82) is 0 Å². The van der Waals surface area contributed by atoms with Crippen LogP contribution in [-0.4, -0.2) is 56.2 Å². The quantitative estimate of drug-likeness (QED) is 0.393. The number of anilines is 1. The molecular weight excluding hydrogens is 458 g/mol. The molecule has 7 heteroatoms. The minimum atomic E-state index is -0.383. The number of benzene rings is 1. The van der Waals surface area contributed by atoms with E-state index >= 15 is 0 Å². The van der Waals surface area contributed by atoms with Gasteiger partial charge in [-0.05, 0) is 79.1 Å². The number of aliphatic imine (C=N–C) groups is 1. The van der Waals surface area contributed by atoms with E-state index < -0.39 is 0 Å². The van der Waals surface area contributed by atoms with Gasteiger partial charge >= 0.3 is 5.97 Å². The highest BCUT2D eigenvalue weighted by molar-refractivity contribution is 7.12. The minimum absolute atomic E-state index is 0.374. The van der Waals surface area contributed by atoms with Crippen molar-refractivity contribution in [2.75, 3.05) is 44.3 Å². The van der Waals surface area contributed by atoms with E-state index in [0.29, 0.717) is 24.8 Å². The van der Waals surface area contributed by atoms with Gasteiger partial charge < -0.3 is 19.3 Å². The van der Waals surface area contributed by atoms with Crippen LogP contribution in [0.3, 0.4) is 0 Å². The summed E-state index contributed by atoms with van der Waals surface area (Å²) < 4.78 is 11.1. The van der Waals surface area contributed by atoms with Gasteiger partial charge in [0.1, 0.15) is 0 Å². The van der Waals surface area contributed by atoms with Crippen LogP contribution in [0, 0.1) is 0 Å². The number of nitrogens with zero attached hydrogens (tertiary/aromatic N) is 3. The van der Waals surface area contributed by atoms with Crippen LogP contribution in [0.5, 0.6) is 0 Å². The van der Waals surface area contributed by atoms with Crippen LogP contribution >= 0.6 is 11.3 Å². The number of hydrogen-bond acceptors (Lipinski definition) is 7. The zero-order valence-corrected chi connectivity index (χ0v) is 21.1. The summed E-state index contributed by atoms with van der Waals surface area (Å²) in [4.78, 5) is 22.7. The van der Waals surface area contributed by atoms with Crippen molar-refractivity contribution < 1.29 is 14.3 Å². The van der Waals surface area contributed by atoms with E-state index in [1.165, 1.54) is 33.9 Å². The molecule has 3 aliphatic rings. The van der Waals surface area contributed by atoms with Crippen molar-refractivity contribution in [3.8, 4) is 0 Å². The molecule has 0 unspecified atom stereocenters. The first-order chi connectivity index (χ1) is 17.2. The van der Waals surface area contributed by atoms with Gasteiger partial charge in [-0.15, -0.1) is 11.3 Å². The summed E-state index contributed by atoms with van der Waals surface area (Å²) in [6.07, 6.45) is 6.02. The molecule has 0 N–H and O–H groups in total. The number of rotatable bonds is 7. The van der Waals surface area contributed by atoms with Crippen LogP contribution in [-0.2, 0) is 14.3 Å². The smallest absolute Gasteiger partial charge is 0.363 e. The van der Waals surface area contributed by atoms with Gasteiger partial charge in [0.2, 0.25) is 5.90 Å². The number of morpholine rings is 1. The van der Waals surface area contributed by atoms with Crippen molar-refractivity contribution in [2.45, 2.75) is 26.7 Å². The number of allylic oxidation sites excluding steroid dienone is 3. The second-order valence-electron chi connectivity index (χ2n) is 8.72. The summed E-state index contributed by atoms with van der Waals surface area (Å²) in [6, 6.07) is 12.6. The molecule has 35 heavy (non-hydrogen) atoms. The molecule has 6 nitrogen and oxygen atoms in total. The van der Waals surface area contributed by atoms with Gasteiger partial charge in [-0.2, -0.15) is 0 Å². The van der Waals surface area contributed by atoms with E-state index in [2.05, 4.69) is 59.0 Å². The highest BCUT2D eigenvalue weighted by Crippen LogP contribution is 2.37. The third-order valence-electron chi connectivity index (χ3n) is 6.63. The van der Waals surface area contributed by atoms with E-state index in [9.17, 15) is 4.79 Å². The lowest BCUT2D eigenvalue weighted by Gasteiger charge is -2.31. The number of carbonyl (C=O) groups excluding carboxylic acids is 1. The Bertz CT molecular complexity index is 1180. The van der Waals surface area contributed by atoms with E-state index in [1.807, 2.05) is 23.6 Å². The maximum absolute atomic E-state index is 12.6. The first-order valence-electron chi connectivity index (χ1n) is 12.3. The molecule has 0 bridgehead atoms. The third kappa shape index (κ3) is 5.11. The van der Waals surface area contributed by atoms with Crippen molar-refractivity contribution in [3.05, 3.63) is 80.8 Å². The third-order valence-corrected chi connectivity index (χ3v) is 7.48. The number of hydrogen-bond donors (Lipinski definition) is 0. The van der Waals surface area contributed by atoms with E-state index in [0.717, 1.165) is 49.5 Å². The zero-order valence-electron chi connectivity index (χ0n) is 20.3. The van der Waals surface area contributed by atoms with Gasteiger partial charge in [0, 0.05) is 37.6 Å². The molecule has 0 spiro atoms. The van der Waals surface area contributed by atoms with Gasteiger partial charge in [0.25, 0.3) is 0 Å². The Morgan fingerprint density at radius 3 is 2.51 bits per heavy atom. The molecule has 0 amide bonds. The van der Waals surface area contributed by atoms with Crippen molar-refractivity contribution in [3.63, 3.8) is 0 Å². The summed E-state index contributed by atoms with van der Waals surface area (Å²) in [7, 11) is 0. The molecule has 3 heterocycles. The SMILES string of the molecule is CCN(CC)c1ccc(/C=C2\CCC(/C=C3/N=C(c4cccs4)OC3=O)=C2N2CCOCC2)cc1. The summed E-state index contributed by atoms with van der Waals surface area (Å²) in [5.74, 6) is 0.0125. The molecule has 1 aliphatic carbocycles. The normalized spacial score (nSPS) is 20.7. The minimum Gasteiger partial charge on any atom is -0.401 e. The molecule has 1 aromatic heterocycles. The molecule has 1 aromatic carbocycles. The molecule has 5 rings (SSSR count). The van der Waals surface area contributed by atoms with Crippen LogP contribution in [0.1, 0.15) is 37.1 Å². The highest BCUT2D eigenvalue weighted by Gasteiger charge is 2.29. The molecule has 2 aliphatic heterocycles. The topological polar surface area (TPSA) is 54.4 Å². The van der Waals surface area contributed by atoms with Crippen LogP contribution in [0.15, 0.2) is 75.4 Å². The predicted molar refractivity (Wildman–Crippen MR) is 142 cm³/mol. The summed E-state index contributed by atoms with van der Waals surface area (Å²) in [5.41, 5.74) is 6.45. The van der Waals surface area contributed by atoms with Crippen LogP contribution in [0.2, 0.25) is 0 Å². The Hall–Kier alpha value is -3.16. The Morgan fingerprint density at radius 2 is 1.83 bits per heavy atom. The van der Waals surface area contributed by atoms with Crippen molar-refractivity contribution >= 4 is 35.0 Å². The van der Waals surface area contributed by atoms with Crippen molar-refractivity contribution in [2.24, 2.45) is 4.99 Å². The molecule has 1 fully saturated rings. The second kappa shape index (κ2) is 10.6. The predicted octanol–water partition coefficient (Wildman–Crippen LogP) is 5.25. The van der Waals surface area contributed by atoms with Crippen LogP contribution < -0.4 is 4.90 Å². The number of carbonyl (C=O) groups is 1. The fraction of sp³-hybridized carbons (Fsp3) is 0.357. The average Bonchev–Trinajstić information content (AvgIpc) is 3.63. The van der Waals surface area contributed by atoms with Crippen molar-refractivity contribution in [1.82, 2.24) is 4.90 Å². The van der Waals surface area contributed by atoms with E-state index in [1.54, 1.807) is 0 Å². The first kappa shape index (κ1) is 23.6. The van der Waals surface area contributed by atoms with E-state index in [4.69, 9.17) is 9.47 Å². The molecule has 1 saturated heterocycles.